The molecule has 0 unspecified atom stereocenters. The molecule has 0 aliphatic heterocycles. The summed E-state index contributed by atoms with van der Waals surface area (Å²) < 4.78 is 14.7. The molecule has 1 amide bonds. The van der Waals surface area contributed by atoms with Gasteiger partial charge in [0.15, 0.2) is 5.65 Å². The molecule has 1 N–H and O–H groups in total. The van der Waals surface area contributed by atoms with Crippen molar-refractivity contribution in [2.45, 2.75) is 6.92 Å². The molecule has 118 valence electrons. The predicted molar refractivity (Wildman–Crippen MR) is 89.3 cm³/mol. The highest BCUT2D eigenvalue weighted by Crippen LogP contribution is 2.25. The summed E-state index contributed by atoms with van der Waals surface area (Å²) in [5, 5.41) is 3.28. The number of nitrogens with one attached hydrogen (secondary N) is 1. The Morgan fingerprint density at radius 3 is 2.65 bits per heavy atom. The molecule has 0 atom stereocenters. The van der Waals surface area contributed by atoms with Gasteiger partial charge in [-0.2, -0.15) is 0 Å². The summed E-state index contributed by atoms with van der Waals surface area (Å²) in [5.41, 5.74) is 1.56. The molecule has 0 fully saturated rings. The molecule has 0 aliphatic rings. The Morgan fingerprint density at radius 1 is 1.22 bits per heavy atom. The molecule has 2 heterocycles. The van der Waals surface area contributed by atoms with Crippen molar-refractivity contribution < 1.29 is 9.18 Å². The summed E-state index contributed by atoms with van der Waals surface area (Å²) in [6.07, 6.45) is 1.55. The molecule has 2 aromatic heterocycles. The number of fused-ring (bicyclic) bond motifs is 1. The number of hydrogen-bond acceptors (Lipinski definition) is 2. The first-order chi connectivity index (χ1) is 10.9. The highest BCUT2D eigenvalue weighted by molar-refractivity contribution is 6.36. The van der Waals surface area contributed by atoms with Crippen LogP contribution in [0.25, 0.3) is 5.65 Å². The van der Waals surface area contributed by atoms with Crippen molar-refractivity contribution in [2.75, 3.05) is 5.32 Å². The van der Waals surface area contributed by atoms with Gasteiger partial charge in [0.05, 0.1) is 20.8 Å². The number of rotatable bonds is 2. The fraction of sp³-hybridized carbons (Fsp3) is 0.0667. The number of anilines is 1. The van der Waals surface area contributed by atoms with Gasteiger partial charge in [-0.05, 0) is 31.2 Å². The molecule has 4 nitrogen and oxygen atoms in total. The Labute approximate surface area is 145 Å². The van der Waals surface area contributed by atoms with Gasteiger partial charge in [-0.25, -0.2) is 9.37 Å². The zero-order chi connectivity index (χ0) is 16.7. The van der Waals surface area contributed by atoms with Crippen molar-refractivity contribution in [1.29, 1.82) is 0 Å². The Bertz CT molecular complexity index is 939. The summed E-state index contributed by atoms with van der Waals surface area (Å²) in [7, 11) is 0. The van der Waals surface area contributed by atoms with E-state index >= 15 is 0 Å². The quantitative estimate of drug-likeness (QED) is 0.688. The van der Waals surface area contributed by atoms with E-state index in [1.54, 1.807) is 19.2 Å². The van der Waals surface area contributed by atoms with Crippen molar-refractivity contribution >= 4 is 52.0 Å². The van der Waals surface area contributed by atoms with E-state index in [-0.39, 0.29) is 10.7 Å². The highest BCUT2D eigenvalue weighted by atomic mass is 35.5. The molecule has 23 heavy (non-hydrogen) atoms. The van der Waals surface area contributed by atoms with E-state index in [0.717, 1.165) is 0 Å². The van der Waals surface area contributed by atoms with Crippen LogP contribution in [0.4, 0.5) is 10.1 Å². The second kappa shape index (κ2) is 6.00. The summed E-state index contributed by atoms with van der Waals surface area (Å²) in [5.74, 6) is -0.995. The third kappa shape index (κ3) is 3.00. The Balaban J connectivity index is 2.04. The zero-order valence-electron chi connectivity index (χ0n) is 11.7. The summed E-state index contributed by atoms with van der Waals surface area (Å²) >= 11 is 17.8. The van der Waals surface area contributed by atoms with Crippen LogP contribution >= 0.6 is 34.8 Å². The first-order valence-electron chi connectivity index (χ1n) is 6.47. The van der Waals surface area contributed by atoms with E-state index in [1.807, 2.05) is 0 Å². The third-order valence-electron chi connectivity index (χ3n) is 3.21. The van der Waals surface area contributed by atoms with Crippen LogP contribution in [0.5, 0.6) is 0 Å². The second-order valence-electron chi connectivity index (χ2n) is 4.83. The van der Waals surface area contributed by atoms with Gasteiger partial charge in [-0.1, -0.05) is 34.8 Å². The van der Waals surface area contributed by atoms with E-state index in [1.165, 1.54) is 22.6 Å². The molecule has 8 heteroatoms. The molecule has 1 aromatic carbocycles. The van der Waals surface area contributed by atoms with Crippen LogP contribution in [0, 0.1) is 12.7 Å². The lowest BCUT2D eigenvalue weighted by molar-refractivity contribution is 0.102. The third-order valence-corrected chi connectivity index (χ3v) is 3.98. The summed E-state index contributed by atoms with van der Waals surface area (Å²) in [4.78, 5) is 16.8. The van der Waals surface area contributed by atoms with Crippen LogP contribution < -0.4 is 5.32 Å². The fourth-order valence-corrected chi connectivity index (χ4v) is 2.92. The molecule has 0 spiro atoms. The maximum Gasteiger partial charge on any atom is 0.274 e. The molecule has 3 aromatic rings. The first-order valence-corrected chi connectivity index (χ1v) is 7.60. The van der Waals surface area contributed by atoms with E-state index in [4.69, 9.17) is 34.8 Å². The zero-order valence-corrected chi connectivity index (χ0v) is 14.0. The maximum absolute atomic E-state index is 13.2. The average Bonchev–Trinajstić information content (AvgIpc) is 2.79. The molecule has 3 rings (SSSR count). The lowest BCUT2D eigenvalue weighted by Gasteiger charge is -2.07. The number of pyridine rings is 1. The maximum atomic E-state index is 13.2. The molecule has 0 bridgehead atoms. The van der Waals surface area contributed by atoms with Gasteiger partial charge < -0.3 is 5.32 Å². The van der Waals surface area contributed by atoms with Crippen LogP contribution in [0.15, 0.2) is 30.5 Å². The van der Waals surface area contributed by atoms with Crippen LogP contribution in [-0.2, 0) is 0 Å². The number of halogens is 4. The number of hydrogen-bond donors (Lipinski definition) is 1. The smallest absolute Gasteiger partial charge is 0.274 e. The van der Waals surface area contributed by atoms with Gasteiger partial charge in [0.25, 0.3) is 5.91 Å². The van der Waals surface area contributed by atoms with Gasteiger partial charge in [-0.15, -0.1) is 0 Å². The Kier molecular flexibility index (Phi) is 4.19. The Morgan fingerprint density at radius 2 is 1.96 bits per heavy atom. The fourth-order valence-electron chi connectivity index (χ4n) is 2.22. The van der Waals surface area contributed by atoms with Gasteiger partial charge in [0.1, 0.15) is 11.5 Å². The number of amides is 1. The van der Waals surface area contributed by atoms with Crippen LogP contribution in [-0.4, -0.2) is 15.3 Å². The van der Waals surface area contributed by atoms with Gasteiger partial charge in [-0.3, -0.25) is 9.20 Å². The number of carbonyl (C=O) groups excluding carboxylic acids is 1. The normalized spacial score (nSPS) is 11.0. The number of aryl methyl sites for hydroxylation is 1. The monoisotopic (exact) mass is 371 g/mol. The minimum atomic E-state index is -0.561. The molecular formula is C15H9Cl3FN3O. The number of aromatic nitrogens is 2. The highest BCUT2D eigenvalue weighted by Gasteiger charge is 2.19. The van der Waals surface area contributed by atoms with Crippen LogP contribution in [0.3, 0.4) is 0 Å². The lowest BCUT2D eigenvalue weighted by Crippen LogP contribution is -2.15. The van der Waals surface area contributed by atoms with E-state index in [2.05, 4.69) is 10.3 Å². The van der Waals surface area contributed by atoms with Crippen LogP contribution in [0.2, 0.25) is 15.1 Å². The van der Waals surface area contributed by atoms with Crippen molar-refractivity contribution in [1.82, 2.24) is 9.38 Å². The molecule has 0 aliphatic carbocycles. The SMILES string of the molecule is Cc1nc2c(Cl)cc(Cl)cn2c1C(=O)Nc1ccc(F)c(Cl)c1. The number of benzene rings is 1. The summed E-state index contributed by atoms with van der Waals surface area (Å²) in [6.45, 7) is 1.68. The Hall–Kier alpha value is -1.82. The van der Waals surface area contributed by atoms with E-state index < -0.39 is 11.7 Å². The summed E-state index contributed by atoms with van der Waals surface area (Å²) in [6, 6.07) is 5.46. The second-order valence-corrected chi connectivity index (χ2v) is 6.08. The van der Waals surface area contributed by atoms with Crippen molar-refractivity contribution in [2.24, 2.45) is 0 Å². The van der Waals surface area contributed by atoms with Crippen molar-refractivity contribution in [3.8, 4) is 0 Å². The number of nitrogens with zero attached hydrogens (tertiary/aromatic N) is 2. The largest absolute Gasteiger partial charge is 0.321 e. The van der Waals surface area contributed by atoms with Gasteiger partial charge in [0.2, 0.25) is 0 Å². The predicted octanol–water partition coefficient (Wildman–Crippen LogP) is 4.99. The van der Waals surface area contributed by atoms with Crippen molar-refractivity contribution in [3.63, 3.8) is 0 Å². The average molecular weight is 373 g/mol. The van der Waals surface area contributed by atoms with Crippen molar-refractivity contribution in [3.05, 3.63) is 62.7 Å². The van der Waals surface area contributed by atoms with Crippen LogP contribution in [0.1, 0.15) is 16.2 Å². The molecule has 0 saturated carbocycles. The van der Waals surface area contributed by atoms with Gasteiger partial charge >= 0.3 is 0 Å². The first kappa shape index (κ1) is 16.1. The number of imidazole rings is 1. The standard InChI is InChI=1S/C15H9Cl3FN3O/c1-7-13(22-6-8(16)4-11(18)14(22)20-7)15(23)21-9-2-3-12(19)10(17)5-9/h2-6H,1H3,(H,21,23). The lowest BCUT2D eigenvalue weighted by atomic mass is 10.2. The van der Waals surface area contributed by atoms with E-state index in [0.29, 0.717) is 27.1 Å². The molecule has 0 saturated heterocycles. The molecule has 0 radical (unpaired) electrons. The molecular weight excluding hydrogens is 364 g/mol. The van der Waals surface area contributed by atoms with E-state index in [9.17, 15) is 9.18 Å². The minimum Gasteiger partial charge on any atom is -0.321 e. The topological polar surface area (TPSA) is 46.4 Å². The van der Waals surface area contributed by atoms with Gasteiger partial charge in [0, 0.05) is 11.9 Å². The number of carbonyl (C=O) groups is 1. The minimum absolute atomic E-state index is 0.0799.